The SMILES string of the molecule is Cc1ccc(-n2nc(C)cc2NC(=O)c2ccc(F)c(S(=O)(=O)NC(C)C)c2)cc1. The van der Waals surface area contributed by atoms with Gasteiger partial charge in [0.25, 0.3) is 5.91 Å². The Morgan fingerprint density at radius 1 is 1.07 bits per heavy atom. The van der Waals surface area contributed by atoms with Gasteiger partial charge in [0.05, 0.1) is 11.4 Å². The van der Waals surface area contributed by atoms with E-state index in [2.05, 4.69) is 15.1 Å². The van der Waals surface area contributed by atoms with Crippen LogP contribution in [0.3, 0.4) is 0 Å². The number of halogens is 1. The Labute approximate surface area is 175 Å². The number of nitrogens with one attached hydrogen (secondary N) is 2. The van der Waals surface area contributed by atoms with E-state index in [1.165, 1.54) is 6.07 Å². The first-order valence-corrected chi connectivity index (χ1v) is 10.8. The second-order valence-corrected chi connectivity index (χ2v) is 8.98. The summed E-state index contributed by atoms with van der Waals surface area (Å²) in [6, 6.07) is 12.1. The van der Waals surface area contributed by atoms with Gasteiger partial charge < -0.3 is 5.32 Å². The van der Waals surface area contributed by atoms with Crippen LogP contribution in [0.25, 0.3) is 5.69 Å². The minimum Gasteiger partial charge on any atom is -0.306 e. The topological polar surface area (TPSA) is 93.1 Å². The van der Waals surface area contributed by atoms with Crippen LogP contribution < -0.4 is 10.0 Å². The largest absolute Gasteiger partial charge is 0.306 e. The van der Waals surface area contributed by atoms with Gasteiger partial charge in [0.15, 0.2) is 0 Å². The third-order valence-corrected chi connectivity index (χ3v) is 5.90. The number of carbonyl (C=O) groups excluding carboxylic acids is 1. The molecule has 0 aliphatic heterocycles. The highest BCUT2D eigenvalue weighted by atomic mass is 32.2. The molecule has 0 fully saturated rings. The first-order chi connectivity index (χ1) is 14.1. The number of sulfonamides is 1. The normalized spacial score (nSPS) is 11.7. The lowest BCUT2D eigenvalue weighted by molar-refractivity contribution is 0.102. The van der Waals surface area contributed by atoms with Crippen LogP contribution >= 0.6 is 0 Å². The molecule has 0 atom stereocenters. The van der Waals surface area contributed by atoms with Crippen molar-refractivity contribution in [3.8, 4) is 5.69 Å². The summed E-state index contributed by atoms with van der Waals surface area (Å²) in [6.07, 6.45) is 0. The molecule has 9 heteroatoms. The zero-order valence-corrected chi connectivity index (χ0v) is 17.9. The van der Waals surface area contributed by atoms with Crippen molar-refractivity contribution in [2.45, 2.75) is 38.6 Å². The lowest BCUT2D eigenvalue weighted by Crippen LogP contribution is -2.31. The van der Waals surface area contributed by atoms with Crippen molar-refractivity contribution < 1.29 is 17.6 Å². The lowest BCUT2D eigenvalue weighted by atomic mass is 10.2. The van der Waals surface area contributed by atoms with Gasteiger partial charge in [0.2, 0.25) is 10.0 Å². The molecule has 0 saturated heterocycles. The number of benzene rings is 2. The van der Waals surface area contributed by atoms with E-state index in [1.54, 1.807) is 31.5 Å². The smallest absolute Gasteiger partial charge is 0.256 e. The summed E-state index contributed by atoms with van der Waals surface area (Å²) in [7, 11) is -4.09. The Kier molecular flexibility index (Phi) is 6.04. The van der Waals surface area contributed by atoms with Crippen molar-refractivity contribution >= 4 is 21.7 Å². The third-order valence-electron chi connectivity index (χ3n) is 4.23. The molecule has 1 amide bonds. The number of rotatable bonds is 6. The highest BCUT2D eigenvalue weighted by molar-refractivity contribution is 7.89. The number of aryl methyl sites for hydroxylation is 2. The molecule has 2 aromatic carbocycles. The molecule has 2 N–H and O–H groups in total. The fourth-order valence-corrected chi connectivity index (χ4v) is 4.24. The van der Waals surface area contributed by atoms with E-state index >= 15 is 0 Å². The van der Waals surface area contributed by atoms with Gasteiger partial charge in [-0.05, 0) is 58.0 Å². The van der Waals surface area contributed by atoms with Crippen LogP contribution in [0.2, 0.25) is 0 Å². The molecular weight excluding hydrogens is 407 g/mol. The van der Waals surface area contributed by atoms with Crippen molar-refractivity contribution in [2.75, 3.05) is 5.32 Å². The van der Waals surface area contributed by atoms with E-state index in [9.17, 15) is 17.6 Å². The number of aromatic nitrogens is 2. The zero-order chi connectivity index (χ0) is 22.1. The highest BCUT2D eigenvalue weighted by Gasteiger charge is 2.22. The number of hydrogen-bond donors (Lipinski definition) is 2. The Morgan fingerprint density at radius 2 is 1.73 bits per heavy atom. The molecule has 3 aromatic rings. The van der Waals surface area contributed by atoms with E-state index in [0.717, 1.165) is 23.4 Å². The number of carbonyl (C=O) groups is 1. The van der Waals surface area contributed by atoms with E-state index in [0.29, 0.717) is 11.5 Å². The van der Waals surface area contributed by atoms with Gasteiger partial charge >= 0.3 is 0 Å². The van der Waals surface area contributed by atoms with E-state index in [4.69, 9.17) is 0 Å². The Hall–Kier alpha value is -3.04. The summed E-state index contributed by atoms with van der Waals surface area (Å²) in [5.74, 6) is -1.10. The maximum absolute atomic E-state index is 14.2. The predicted molar refractivity (Wildman–Crippen MR) is 113 cm³/mol. The van der Waals surface area contributed by atoms with Crippen LogP contribution in [0.15, 0.2) is 53.4 Å². The Bertz CT molecular complexity index is 1190. The van der Waals surface area contributed by atoms with Gasteiger partial charge in [0, 0.05) is 17.7 Å². The number of nitrogens with zero attached hydrogens (tertiary/aromatic N) is 2. The van der Waals surface area contributed by atoms with Crippen LogP contribution in [0, 0.1) is 19.7 Å². The molecule has 0 bridgehead atoms. The maximum Gasteiger partial charge on any atom is 0.256 e. The standard InChI is InChI=1S/C21H23FN4O3S/c1-13(2)25-30(28,29)19-12-16(7-10-18(19)22)21(27)23-20-11-15(4)24-26(20)17-8-5-14(3)6-9-17/h5-13,25H,1-4H3,(H,23,27). The Morgan fingerprint density at radius 3 is 2.37 bits per heavy atom. The molecule has 1 heterocycles. The average molecular weight is 431 g/mol. The fraction of sp³-hybridized carbons (Fsp3) is 0.238. The van der Waals surface area contributed by atoms with Crippen LogP contribution in [0.1, 0.15) is 35.5 Å². The highest BCUT2D eigenvalue weighted by Crippen LogP contribution is 2.21. The quantitative estimate of drug-likeness (QED) is 0.625. The minimum atomic E-state index is -4.09. The molecule has 0 saturated carbocycles. The van der Waals surface area contributed by atoms with Crippen molar-refractivity contribution in [2.24, 2.45) is 0 Å². The van der Waals surface area contributed by atoms with Gasteiger partial charge in [-0.1, -0.05) is 17.7 Å². The molecule has 158 valence electrons. The number of hydrogen-bond acceptors (Lipinski definition) is 4. The molecule has 0 aliphatic carbocycles. The van der Waals surface area contributed by atoms with Crippen molar-refractivity contribution in [1.82, 2.24) is 14.5 Å². The lowest BCUT2D eigenvalue weighted by Gasteiger charge is -2.12. The van der Waals surface area contributed by atoms with Crippen LogP contribution in [0.5, 0.6) is 0 Å². The molecular formula is C21H23FN4O3S. The molecule has 0 spiro atoms. The van der Waals surface area contributed by atoms with Gasteiger partial charge in [0.1, 0.15) is 16.5 Å². The minimum absolute atomic E-state index is 0.00911. The predicted octanol–water partition coefficient (Wildman–Crippen LogP) is 3.57. The number of anilines is 1. The van der Waals surface area contributed by atoms with Gasteiger partial charge in [-0.3, -0.25) is 4.79 Å². The number of amides is 1. The monoisotopic (exact) mass is 430 g/mol. The molecule has 0 unspecified atom stereocenters. The summed E-state index contributed by atoms with van der Waals surface area (Å²) in [5.41, 5.74) is 2.54. The fourth-order valence-electron chi connectivity index (χ4n) is 2.88. The van der Waals surface area contributed by atoms with Crippen LogP contribution in [0.4, 0.5) is 10.2 Å². The van der Waals surface area contributed by atoms with Gasteiger partial charge in [-0.15, -0.1) is 0 Å². The maximum atomic E-state index is 14.2. The van der Waals surface area contributed by atoms with Gasteiger partial charge in [-0.25, -0.2) is 22.2 Å². The van der Waals surface area contributed by atoms with E-state index < -0.39 is 32.7 Å². The second kappa shape index (κ2) is 8.37. The van der Waals surface area contributed by atoms with Crippen LogP contribution in [-0.4, -0.2) is 30.1 Å². The first-order valence-electron chi connectivity index (χ1n) is 9.34. The summed E-state index contributed by atoms with van der Waals surface area (Å²) >= 11 is 0. The van der Waals surface area contributed by atoms with E-state index in [-0.39, 0.29) is 5.56 Å². The zero-order valence-electron chi connectivity index (χ0n) is 17.1. The average Bonchev–Trinajstić information content (AvgIpc) is 3.01. The Balaban J connectivity index is 1.93. The second-order valence-electron chi connectivity index (χ2n) is 7.29. The van der Waals surface area contributed by atoms with E-state index in [1.807, 2.05) is 31.2 Å². The molecule has 7 nitrogen and oxygen atoms in total. The molecule has 3 rings (SSSR count). The molecule has 0 aliphatic rings. The molecule has 0 radical (unpaired) electrons. The summed E-state index contributed by atoms with van der Waals surface area (Å²) in [5, 5.41) is 7.12. The summed E-state index contributed by atoms with van der Waals surface area (Å²) in [6.45, 7) is 7.01. The summed E-state index contributed by atoms with van der Waals surface area (Å²) < 4.78 is 42.8. The third kappa shape index (κ3) is 4.74. The van der Waals surface area contributed by atoms with Crippen molar-refractivity contribution in [1.29, 1.82) is 0 Å². The molecule has 30 heavy (non-hydrogen) atoms. The summed E-state index contributed by atoms with van der Waals surface area (Å²) in [4.78, 5) is 12.2. The molecule has 1 aromatic heterocycles. The van der Waals surface area contributed by atoms with Crippen molar-refractivity contribution in [3.05, 3.63) is 71.2 Å². The van der Waals surface area contributed by atoms with Crippen LogP contribution in [-0.2, 0) is 10.0 Å². The first kappa shape index (κ1) is 21.7. The van der Waals surface area contributed by atoms with Gasteiger partial charge in [-0.2, -0.15) is 5.10 Å². The van der Waals surface area contributed by atoms with Crippen molar-refractivity contribution in [3.63, 3.8) is 0 Å².